The van der Waals surface area contributed by atoms with Gasteiger partial charge >= 0.3 is 0 Å². The number of aromatic nitrogens is 1. The molecule has 0 aliphatic rings. The van der Waals surface area contributed by atoms with Gasteiger partial charge in [-0.15, -0.1) is 30.6 Å². The first-order valence-electron chi connectivity index (χ1n) is 7.36. The van der Waals surface area contributed by atoms with Gasteiger partial charge < -0.3 is 15.2 Å². The van der Waals surface area contributed by atoms with Gasteiger partial charge in [0.2, 0.25) is 0 Å². The van der Waals surface area contributed by atoms with Crippen molar-refractivity contribution in [2.24, 2.45) is 4.99 Å². The van der Waals surface area contributed by atoms with Crippen LogP contribution in [0.15, 0.2) is 22.2 Å². The van der Waals surface area contributed by atoms with Crippen LogP contribution in [0.4, 0.5) is 0 Å². The van der Waals surface area contributed by atoms with Crippen molar-refractivity contribution in [1.29, 1.82) is 0 Å². The van der Waals surface area contributed by atoms with Gasteiger partial charge in [-0.05, 0) is 6.42 Å². The third-order valence-corrected chi connectivity index (χ3v) is 4.00. The number of hydrogen-bond donors (Lipinski definition) is 2. The van der Waals surface area contributed by atoms with Crippen LogP contribution in [-0.4, -0.2) is 36.2 Å². The molecule has 0 aromatic carbocycles. The number of thioether (sulfide) groups is 1. The monoisotopic (exact) mass is 438 g/mol. The average Bonchev–Trinajstić information content (AvgIpc) is 2.92. The van der Waals surface area contributed by atoms with Gasteiger partial charge in [-0.3, -0.25) is 4.99 Å². The molecule has 22 heavy (non-hydrogen) atoms. The van der Waals surface area contributed by atoms with Crippen molar-refractivity contribution in [2.75, 3.05) is 25.1 Å². The minimum atomic E-state index is 0. The van der Waals surface area contributed by atoms with E-state index < -0.39 is 0 Å². The Morgan fingerprint density at radius 3 is 2.73 bits per heavy atom. The van der Waals surface area contributed by atoms with Gasteiger partial charge in [0, 0.05) is 43.6 Å². The molecule has 0 unspecified atom stereocenters. The summed E-state index contributed by atoms with van der Waals surface area (Å²) in [6, 6.07) is 0. The summed E-state index contributed by atoms with van der Waals surface area (Å²) in [6.07, 6.45) is 3.65. The maximum absolute atomic E-state index is 5.36. The number of aliphatic imine (C=N–C) groups is 1. The van der Waals surface area contributed by atoms with Gasteiger partial charge in [0.15, 0.2) is 5.96 Å². The highest BCUT2D eigenvalue weighted by Crippen LogP contribution is 2.15. The van der Waals surface area contributed by atoms with Crippen LogP contribution < -0.4 is 10.6 Å². The summed E-state index contributed by atoms with van der Waals surface area (Å²) in [5.74, 6) is 3.77. The Hall–Kier alpha value is -0.700. The SMILES string of the molecule is C=CCSCCNC(=NC)NCc1c(CC)noc1CC.I. The van der Waals surface area contributed by atoms with Gasteiger partial charge in [-0.25, -0.2) is 0 Å². The molecule has 0 atom stereocenters. The van der Waals surface area contributed by atoms with Crippen molar-refractivity contribution in [3.8, 4) is 0 Å². The molecule has 0 radical (unpaired) electrons. The topological polar surface area (TPSA) is 62.5 Å². The first-order chi connectivity index (χ1) is 10.3. The lowest BCUT2D eigenvalue weighted by Gasteiger charge is -2.11. The van der Waals surface area contributed by atoms with Crippen LogP contribution in [0.5, 0.6) is 0 Å². The molecule has 0 saturated heterocycles. The third kappa shape index (κ3) is 7.04. The van der Waals surface area contributed by atoms with Crippen molar-refractivity contribution in [1.82, 2.24) is 15.8 Å². The van der Waals surface area contributed by atoms with E-state index in [1.165, 1.54) is 0 Å². The standard InChI is InChI=1S/C15H26N4OS.HI/c1-5-9-21-10-8-17-15(16-4)18-11-12-13(6-2)19-20-14(12)7-3;/h5H,1,6-11H2,2-4H3,(H2,16,17,18);1H. The van der Waals surface area contributed by atoms with Gasteiger partial charge in [0.1, 0.15) is 5.76 Å². The summed E-state index contributed by atoms with van der Waals surface area (Å²) < 4.78 is 5.36. The fourth-order valence-corrected chi connectivity index (χ4v) is 2.52. The molecule has 0 aliphatic heterocycles. The smallest absolute Gasteiger partial charge is 0.191 e. The van der Waals surface area contributed by atoms with Crippen LogP contribution in [0, 0.1) is 0 Å². The Morgan fingerprint density at radius 1 is 1.36 bits per heavy atom. The predicted octanol–water partition coefficient (Wildman–Crippen LogP) is 3.00. The van der Waals surface area contributed by atoms with Crippen molar-refractivity contribution < 1.29 is 4.52 Å². The maximum atomic E-state index is 5.36. The molecule has 2 N–H and O–H groups in total. The molecule has 1 aromatic rings. The second-order valence-corrected chi connectivity index (χ2v) is 5.60. The third-order valence-electron chi connectivity index (χ3n) is 3.04. The van der Waals surface area contributed by atoms with E-state index in [1.807, 2.05) is 17.8 Å². The molecule has 0 amide bonds. The van der Waals surface area contributed by atoms with E-state index >= 15 is 0 Å². The van der Waals surface area contributed by atoms with Crippen LogP contribution >= 0.6 is 35.7 Å². The Bertz CT molecular complexity index is 441. The maximum Gasteiger partial charge on any atom is 0.191 e. The number of nitrogens with zero attached hydrogens (tertiary/aromatic N) is 2. The molecule has 0 aliphatic carbocycles. The van der Waals surface area contributed by atoms with Crippen molar-refractivity contribution >= 4 is 41.7 Å². The van der Waals surface area contributed by atoms with Crippen molar-refractivity contribution in [3.63, 3.8) is 0 Å². The molecule has 1 rings (SSSR count). The molecule has 126 valence electrons. The molecule has 1 heterocycles. The number of nitrogens with one attached hydrogen (secondary N) is 2. The van der Waals surface area contributed by atoms with Crippen molar-refractivity contribution in [3.05, 3.63) is 29.7 Å². The van der Waals surface area contributed by atoms with Gasteiger partial charge in [0.25, 0.3) is 0 Å². The summed E-state index contributed by atoms with van der Waals surface area (Å²) in [7, 11) is 1.78. The van der Waals surface area contributed by atoms with E-state index in [2.05, 4.69) is 41.2 Å². The summed E-state index contributed by atoms with van der Waals surface area (Å²) >= 11 is 1.85. The largest absolute Gasteiger partial charge is 0.361 e. The Kier molecular flexibility index (Phi) is 12.4. The highest BCUT2D eigenvalue weighted by molar-refractivity contribution is 14.0. The highest BCUT2D eigenvalue weighted by atomic mass is 127. The lowest BCUT2D eigenvalue weighted by molar-refractivity contribution is 0.380. The first kappa shape index (κ1) is 21.3. The average molecular weight is 438 g/mol. The molecule has 1 aromatic heterocycles. The molecule has 0 fully saturated rings. The Morgan fingerprint density at radius 2 is 2.14 bits per heavy atom. The number of hydrogen-bond acceptors (Lipinski definition) is 4. The van der Waals surface area contributed by atoms with Crippen LogP contribution in [0.3, 0.4) is 0 Å². The molecule has 5 nitrogen and oxygen atoms in total. The lowest BCUT2D eigenvalue weighted by atomic mass is 10.1. The Balaban J connectivity index is 0.00000441. The zero-order chi connectivity index (χ0) is 15.5. The number of aryl methyl sites for hydroxylation is 2. The van der Waals surface area contributed by atoms with Gasteiger partial charge in [0.05, 0.1) is 5.69 Å². The quantitative estimate of drug-likeness (QED) is 0.204. The summed E-state index contributed by atoms with van der Waals surface area (Å²) in [5.41, 5.74) is 2.18. The molecule has 7 heteroatoms. The lowest BCUT2D eigenvalue weighted by Crippen LogP contribution is -2.38. The van der Waals surface area contributed by atoms with Crippen LogP contribution in [0.2, 0.25) is 0 Å². The summed E-state index contributed by atoms with van der Waals surface area (Å²) in [5, 5.41) is 10.7. The van der Waals surface area contributed by atoms with E-state index in [0.717, 1.165) is 53.9 Å². The first-order valence-corrected chi connectivity index (χ1v) is 8.51. The van der Waals surface area contributed by atoms with E-state index in [-0.39, 0.29) is 24.0 Å². The van der Waals surface area contributed by atoms with E-state index in [1.54, 1.807) is 7.05 Å². The fourth-order valence-electron chi connectivity index (χ4n) is 1.94. The minimum absolute atomic E-state index is 0. The van der Waals surface area contributed by atoms with E-state index in [0.29, 0.717) is 6.54 Å². The summed E-state index contributed by atoms with van der Waals surface area (Å²) in [6.45, 7) is 9.44. The minimum Gasteiger partial charge on any atom is -0.361 e. The molecule has 0 spiro atoms. The summed E-state index contributed by atoms with van der Waals surface area (Å²) in [4.78, 5) is 4.23. The number of guanidine groups is 1. The van der Waals surface area contributed by atoms with Gasteiger partial charge in [-0.2, -0.15) is 11.8 Å². The normalized spacial score (nSPS) is 11.0. The highest BCUT2D eigenvalue weighted by Gasteiger charge is 2.13. The predicted molar refractivity (Wildman–Crippen MR) is 106 cm³/mol. The molecular weight excluding hydrogens is 411 g/mol. The Labute approximate surface area is 154 Å². The van der Waals surface area contributed by atoms with Crippen molar-refractivity contribution in [2.45, 2.75) is 33.2 Å². The number of rotatable bonds is 9. The van der Waals surface area contributed by atoms with E-state index in [9.17, 15) is 0 Å². The molecule has 0 bridgehead atoms. The van der Waals surface area contributed by atoms with Gasteiger partial charge in [-0.1, -0.05) is 25.1 Å². The second kappa shape index (κ2) is 12.8. The fraction of sp³-hybridized carbons (Fsp3) is 0.600. The zero-order valence-corrected chi connectivity index (χ0v) is 16.8. The zero-order valence-electron chi connectivity index (χ0n) is 13.6. The second-order valence-electron chi connectivity index (χ2n) is 4.45. The van der Waals surface area contributed by atoms with E-state index in [4.69, 9.17) is 4.52 Å². The molecule has 0 saturated carbocycles. The molecular formula is C15H27IN4OS. The number of halogens is 1. The van der Waals surface area contributed by atoms with Crippen LogP contribution in [-0.2, 0) is 19.4 Å². The van der Waals surface area contributed by atoms with Crippen LogP contribution in [0.1, 0.15) is 30.9 Å². The van der Waals surface area contributed by atoms with Crippen LogP contribution in [0.25, 0.3) is 0 Å².